The van der Waals surface area contributed by atoms with Gasteiger partial charge in [0, 0.05) is 18.0 Å². The number of ketones is 1. The van der Waals surface area contributed by atoms with Crippen molar-refractivity contribution < 1.29 is 4.79 Å². The lowest BCUT2D eigenvalue weighted by atomic mass is 10.1. The van der Waals surface area contributed by atoms with Gasteiger partial charge in [-0.2, -0.15) is 0 Å². The molecule has 0 atom stereocenters. The van der Waals surface area contributed by atoms with E-state index in [1.807, 2.05) is 18.2 Å². The van der Waals surface area contributed by atoms with E-state index in [1.54, 1.807) is 35.0 Å². The molecule has 3 nitrogen and oxygen atoms in total. The highest BCUT2D eigenvalue weighted by Gasteiger charge is 2.14. The number of nitrogens with zero attached hydrogens (tertiary/aromatic N) is 2. The van der Waals surface area contributed by atoms with E-state index in [1.165, 1.54) is 0 Å². The molecule has 0 amide bonds. The molecule has 0 bridgehead atoms. The highest BCUT2D eigenvalue weighted by atomic mass is 35.5. The smallest absolute Gasteiger partial charge is 0.212 e. The van der Waals surface area contributed by atoms with Crippen LogP contribution in [0.2, 0.25) is 10.0 Å². The maximum absolute atomic E-state index is 12.3. The van der Waals surface area contributed by atoms with Crippen molar-refractivity contribution in [3.63, 3.8) is 0 Å². The highest BCUT2D eigenvalue weighted by molar-refractivity contribution is 6.36. The third-order valence-corrected chi connectivity index (χ3v) is 3.23. The molecule has 1 aromatic carbocycles. The molecule has 0 fully saturated rings. The van der Waals surface area contributed by atoms with E-state index in [2.05, 4.69) is 4.98 Å². The van der Waals surface area contributed by atoms with Gasteiger partial charge in [-0.25, -0.2) is 4.98 Å². The second-order valence-electron chi connectivity index (χ2n) is 4.06. The fraction of sp³-hybridized carbons (Fsp3) is 0. The zero-order chi connectivity index (χ0) is 13.4. The highest BCUT2D eigenvalue weighted by Crippen LogP contribution is 2.22. The van der Waals surface area contributed by atoms with Gasteiger partial charge in [-0.3, -0.25) is 4.79 Å². The van der Waals surface area contributed by atoms with E-state index >= 15 is 0 Å². The summed E-state index contributed by atoms with van der Waals surface area (Å²) >= 11 is 12.0. The van der Waals surface area contributed by atoms with Gasteiger partial charge in [0.1, 0.15) is 5.69 Å². The Hall–Kier alpha value is -1.84. The average Bonchev–Trinajstić information content (AvgIpc) is 2.83. The quantitative estimate of drug-likeness (QED) is 0.672. The molecule has 0 unspecified atom stereocenters. The second kappa shape index (κ2) is 4.68. The average molecular weight is 291 g/mol. The standard InChI is InChI=1S/C14H8Cl2N2O/c15-10-6-11(16)14-17-12(8-18(14)7-10)13(19)9-4-2-1-3-5-9/h1-8H. The van der Waals surface area contributed by atoms with E-state index in [4.69, 9.17) is 23.2 Å². The van der Waals surface area contributed by atoms with Crippen molar-refractivity contribution in [3.8, 4) is 0 Å². The topological polar surface area (TPSA) is 34.4 Å². The minimum atomic E-state index is -0.142. The van der Waals surface area contributed by atoms with Crippen LogP contribution < -0.4 is 0 Å². The zero-order valence-corrected chi connectivity index (χ0v) is 11.2. The van der Waals surface area contributed by atoms with Crippen LogP contribution in [0.3, 0.4) is 0 Å². The lowest BCUT2D eigenvalue weighted by molar-refractivity contribution is 0.103. The van der Waals surface area contributed by atoms with E-state index in [9.17, 15) is 4.79 Å². The molecule has 19 heavy (non-hydrogen) atoms. The number of imidazole rings is 1. The van der Waals surface area contributed by atoms with Crippen LogP contribution in [0.1, 0.15) is 16.1 Å². The SMILES string of the molecule is O=C(c1ccccc1)c1cn2cc(Cl)cc(Cl)c2n1. The van der Waals surface area contributed by atoms with Crippen molar-refractivity contribution in [1.29, 1.82) is 0 Å². The lowest BCUT2D eigenvalue weighted by Crippen LogP contribution is -2.00. The molecule has 0 saturated heterocycles. The summed E-state index contributed by atoms with van der Waals surface area (Å²) in [7, 11) is 0. The van der Waals surface area contributed by atoms with Gasteiger partial charge in [0.15, 0.2) is 5.65 Å². The number of hydrogen-bond donors (Lipinski definition) is 0. The normalized spacial score (nSPS) is 10.8. The van der Waals surface area contributed by atoms with E-state index in [-0.39, 0.29) is 5.78 Å². The van der Waals surface area contributed by atoms with Crippen molar-refractivity contribution in [2.75, 3.05) is 0 Å². The number of pyridine rings is 1. The van der Waals surface area contributed by atoms with Crippen LogP contribution in [0.25, 0.3) is 5.65 Å². The summed E-state index contributed by atoms with van der Waals surface area (Å²) in [6.07, 6.45) is 3.29. The Bertz CT molecular complexity index is 766. The largest absolute Gasteiger partial charge is 0.304 e. The number of halogens is 2. The van der Waals surface area contributed by atoms with Crippen LogP contribution in [0.15, 0.2) is 48.8 Å². The molecule has 0 spiro atoms. The number of carbonyl (C=O) groups is 1. The van der Waals surface area contributed by atoms with E-state index in [0.29, 0.717) is 26.9 Å². The minimum Gasteiger partial charge on any atom is -0.304 e. The number of aromatic nitrogens is 2. The molecule has 0 aliphatic carbocycles. The number of benzene rings is 1. The Labute approximate surface area is 119 Å². The second-order valence-corrected chi connectivity index (χ2v) is 4.90. The van der Waals surface area contributed by atoms with Gasteiger partial charge in [0.05, 0.1) is 10.0 Å². The Kier molecular flexibility index (Phi) is 3.01. The van der Waals surface area contributed by atoms with Crippen LogP contribution in [0, 0.1) is 0 Å². The third-order valence-electron chi connectivity index (χ3n) is 2.74. The molecule has 0 aliphatic rings. The lowest BCUT2D eigenvalue weighted by Gasteiger charge is -1.95. The van der Waals surface area contributed by atoms with Crippen molar-refractivity contribution in [2.45, 2.75) is 0 Å². The van der Waals surface area contributed by atoms with Gasteiger partial charge in [0.2, 0.25) is 5.78 Å². The summed E-state index contributed by atoms with van der Waals surface area (Å²) in [6, 6.07) is 10.6. The van der Waals surface area contributed by atoms with E-state index < -0.39 is 0 Å². The van der Waals surface area contributed by atoms with Crippen LogP contribution >= 0.6 is 23.2 Å². The molecular weight excluding hydrogens is 283 g/mol. The summed E-state index contributed by atoms with van der Waals surface area (Å²) in [5.41, 5.74) is 1.45. The van der Waals surface area contributed by atoms with Crippen molar-refractivity contribution in [1.82, 2.24) is 9.38 Å². The van der Waals surface area contributed by atoms with Crippen molar-refractivity contribution in [3.05, 3.63) is 70.1 Å². The first kappa shape index (κ1) is 12.2. The predicted octanol–water partition coefficient (Wildman–Crippen LogP) is 3.87. The Balaban J connectivity index is 2.12. The van der Waals surface area contributed by atoms with Crippen LogP contribution in [-0.4, -0.2) is 15.2 Å². The van der Waals surface area contributed by atoms with Crippen LogP contribution in [-0.2, 0) is 0 Å². The molecule has 94 valence electrons. The summed E-state index contributed by atoms with van der Waals surface area (Å²) in [5, 5.41) is 0.910. The Morgan fingerprint density at radius 3 is 2.58 bits per heavy atom. The fourth-order valence-electron chi connectivity index (χ4n) is 1.87. The molecule has 5 heteroatoms. The third kappa shape index (κ3) is 2.23. The van der Waals surface area contributed by atoms with Gasteiger partial charge < -0.3 is 4.40 Å². The summed E-state index contributed by atoms with van der Waals surface area (Å²) < 4.78 is 1.65. The molecule has 3 aromatic rings. The molecule has 0 N–H and O–H groups in total. The molecule has 0 aliphatic heterocycles. The summed E-state index contributed by atoms with van der Waals surface area (Å²) in [5.74, 6) is -0.142. The first-order chi connectivity index (χ1) is 9.15. The number of fused-ring (bicyclic) bond motifs is 1. The van der Waals surface area contributed by atoms with Gasteiger partial charge in [-0.15, -0.1) is 0 Å². The fourth-order valence-corrected chi connectivity index (χ4v) is 2.40. The van der Waals surface area contributed by atoms with Crippen molar-refractivity contribution in [2.24, 2.45) is 0 Å². The molecule has 2 heterocycles. The van der Waals surface area contributed by atoms with Crippen LogP contribution in [0.5, 0.6) is 0 Å². The maximum atomic E-state index is 12.3. The van der Waals surface area contributed by atoms with Gasteiger partial charge in [-0.1, -0.05) is 53.5 Å². The van der Waals surface area contributed by atoms with Gasteiger partial charge in [-0.05, 0) is 6.07 Å². The first-order valence-corrected chi connectivity index (χ1v) is 6.34. The monoisotopic (exact) mass is 290 g/mol. The Morgan fingerprint density at radius 1 is 1.11 bits per heavy atom. The van der Waals surface area contributed by atoms with Gasteiger partial charge >= 0.3 is 0 Å². The minimum absolute atomic E-state index is 0.142. The van der Waals surface area contributed by atoms with Gasteiger partial charge in [0.25, 0.3) is 0 Å². The summed E-state index contributed by atoms with van der Waals surface area (Å²) in [6.45, 7) is 0. The predicted molar refractivity (Wildman–Crippen MR) is 75.1 cm³/mol. The van der Waals surface area contributed by atoms with E-state index in [0.717, 1.165) is 0 Å². The Morgan fingerprint density at radius 2 is 1.84 bits per heavy atom. The molecule has 0 radical (unpaired) electrons. The van der Waals surface area contributed by atoms with Crippen LogP contribution in [0.4, 0.5) is 0 Å². The molecule has 0 saturated carbocycles. The van der Waals surface area contributed by atoms with Crippen molar-refractivity contribution >= 4 is 34.6 Å². The number of hydrogen-bond acceptors (Lipinski definition) is 2. The maximum Gasteiger partial charge on any atom is 0.212 e. The number of rotatable bonds is 2. The number of carbonyl (C=O) groups excluding carboxylic acids is 1. The summed E-state index contributed by atoms with van der Waals surface area (Å²) in [4.78, 5) is 16.5. The molecule has 3 rings (SSSR count). The molecule has 2 aromatic heterocycles. The molecular formula is C14H8Cl2N2O. The first-order valence-electron chi connectivity index (χ1n) is 5.58. The zero-order valence-electron chi connectivity index (χ0n) is 9.68.